The zero-order chi connectivity index (χ0) is 13.6. The van der Waals surface area contributed by atoms with Gasteiger partial charge in [0.2, 0.25) is 9.84 Å². The predicted molar refractivity (Wildman–Crippen MR) is 57.3 cm³/mol. The predicted octanol–water partition coefficient (Wildman–Crippen LogP) is 2.42. The van der Waals surface area contributed by atoms with Gasteiger partial charge in [0.15, 0.2) is 0 Å². The van der Waals surface area contributed by atoms with Crippen LogP contribution in [0.2, 0.25) is 0 Å². The molecule has 2 rings (SSSR count). The summed E-state index contributed by atoms with van der Waals surface area (Å²) in [6.07, 6.45) is -3.31. The summed E-state index contributed by atoms with van der Waals surface area (Å²) in [5.41, 5.74) is -0.842. The molecule has 0 fully saturated rings. The van der Waals surface area contributed by atoms with E-state index in [-0.39, 0.29) is 16.9 Å². The van der Waals surface area contributed by atoms with Gasteiger partial charge >= 0.3 is 6.18 Å². The molecule has 0 N–H and O–H groups in total. The summed E-state index contributed by atoms with van der Waals surface area (Å²) in [7, 11) is -3.96. The quantitative estimate of drug-likeness (QED) is 0.779. The van der Waals surface area contributed by atoms with E-state index in [9.17, 15) is 26.4 Å². The van der Waals surface area contributed by atoms with Crippen LogP contribution in [0.4, 0.5) is 13.2 Å². The molecule has 0 bridgehead atoms. The summed E-state index contributed by atoms with van der Waals surface area (Å²) in [5, 5.41) is 0. The standard InChI is InChI=1S/C11H7F3O3S/c12-11(13,14)8-2-1-7-5-9(3-4-15)18(16,17)10(7)6-8/h1-2,4-6H,3H2. The Labute approximate surface area is 101 Å². The fraction of sp³-hybridized carbons (Fsp3) is 0.182. The Kier molecular flexibility index (Phi) is 2.81. The minimum atomic E-state index is -4.60. The lowest BCUT2D eigenvalue weighted by atomic mass is 10.1. The molecular formula is C11H7F3O3S. The maximum absolute atomic E-state index is 12.5. The first kappa shape index (κ1) is 12.8. The number of fused-ring (bicyclic) bond motifs is 1. The highest BCUT2D eigenvalue weighted by Gasteiger charge is 2.35. The largest absolute Gasteiger partial charge is 0.416 e. The number of alkyl halides is 3. The van der Waals surface area contributed by atoms with Crippen molar-refractivity contribution in [3.05, 3.63) is 34.2 Å². The molecule has 1 aliphatic heterocycles. The third kappa shape index (κ3) is 1.94. The zero-order valence-corrected chi connectivity index (χ0v) is 9.68. The topological polar surface area (TPSA) is 51.2 Å². The van der Waals surface area contributed by atoms with Crippen molar-refractivity contribution in [3.63, 3.8) is 0 Å². The van der Waals surface area contributed by atoms with E-state index < -0.39 is 26.5 Å². The molecule has 0 spiro atoms. The van der Waals surface area contributed by atoms with Gasteiger partial charge in [-0.1, -0.05) is 6.07 Å². The lowest BCUT2D eigenvalue weighted by molar-refractivity contribution is -0.137. The van der Waals surface area contributed by atoms with Crippen molar-refractivity contribution >= 4 is 22.2 Å². The average molecular weight is 276 g/mol. The van der Waals surface area contributed by atoms with E-state index in [0.29, 0.717) is 12.4 Å². The molecule has 0 unspecified atom stereocenters. The maximum atomic E-state index is 12.5. The first-order valence-corrected chi connectivity index (χ1v) is 6.35. The number of carbonyl (C=O) groups excluding carboxylic acids is 1. The van der Waals surface area contributed by atoms with Crippen LogP contribution in [0.1, 0.15) is 17.5 Å². The molecule has 1 aromatic rings. The van der Waals surface area contributed by atoms with Crippen LogP contribution in [-0.2, 0) is 20.8 Å². The van der Waals surface area contributed by atoms with Crippen LogP contribution in [0.25, 0.3) is 6.08 Å². The van der Waals surface area contributed by atoms with Crippen molar-refractivity contribution in [2.75, 3.05) is 0 Å². The third-order valence-electron chi connectivity index (χ3n) is 2.58. The molecule has 0 radical (unpaired) electrons. The summed E-state index contributed by atoms with van der Waals surface area (Å²) in [4.78, 5) is 9.77. The SMILES string of the molecule is O=CCC1=Cc2ccc(C(F)(F)F)cc2S1(=O)=O. The van der Waals surface area contributed by atoms with E-state index in [4.69, 9.17) is 0 Å². The Morgan fingerprint density at radius 1 is 1.22 bits per heavy atom. The Hall–Kier alpha value is -1.63. The molecule has 0 aliphatic carbocycles. The summed E-state index contributed by atoms with van der Waals surface area (Å²) in [6, 6.07) is 2.50. The van der Waals surface area contributed by atoms with Gasteiger partial charge in [-0.05, 0) is 23.8 Å². The highest BCUT2D eigenvalue weighted by Crippen LogP contribution is 2.38. The van der Waals surface area contributed by atoms with E-state index in [2.05, 4.69) is 0 Å². The van der Waals surface area contributed by atoms with Crippen molar-refractivity contribution < 1.29 is 26.4 Å². The zero-order valence-electron chi connectivity index (χ0n) is 8.86. The Bertz CT molecular complexity index is 642. The second-order valence-electron chi connectivity index (χ2n) is 3.74. The highest BCUT2D eigenvalue weighted by molar-refractivity contribution is 7.95. The molecule has 0 atom stereocenters. The van der Waals surface area contributed by atoms with Crippen molar-refractivity contribution in [2.45, 2.75) is 17.5 Å². The van der Waals surface area contributed by atoms with Crippen molar-refractivity contribution in [3.8, 4) is 0 Å². The fourth-order valence-electron chi connectivity index (χ4n) is 1.71. The number of hydrogen-bond acceptors (Lipinski definition) is 3. The minimum absolute atomic E-state index is 0.174. The van der Waals surface area contributed by atoms with Gasteiger partial charge in [0.1, 0.15) is 6.29 Å². The smallest absolute Gasteiger partial charge is 0.303 e. The van der Waals surface area contributed by atoms with Crippen molar-refractivity contribution in [1.29, 1.82) is 0 Å². The number of aldehydes is 1. The Morgan fingerprint density at radius 2 is 1.89 bits per heavy atom. The lowest BCUT2D eigenvalue weighted by Gasteiger charge is -2.08. The van der Waals surface area contributed by atoms with E-state index in [1.165, 1.54) is 6.08 Å². The van der Waals surface area contributed by atoms with Crippen LogP contribution in [0.15, 0.2) is 28.0 Å². The summed E-state index contributed by atoms with van der Waals surface area (Å²) in [5.74, 6) is 0. The molecule has 0 saturated carbocycles. The number of benzene rings is 1. The highest BCUT2D eigenvalue weighted by atomic mass is 32.2. The summed E-state index contributed by atoms with van der Waals surface area (Å²) >= 11 is 0. The lowest BCUT2D eigenvalue weighted by Crippen LogP contribution is -2.07. The van der Waals surface area contributed by atoms with E-state index in [0.717, 1.165) is 12.1 Å². The van der Waals surface area contributed by atoms with Gasteiger partial charge in [-0.2, -0.15) is 13.2 Å². The number of halogens is 3. The van der Waals surface area contributed by atoms with Gasteiger partial charge in [0.05, 0.1) is 15.4 Å². The molecular weight excluding hydrogens is 269 g/mol. The minimum Gasteiger partial charge on any atom is -0.303 e. The van der Waals surface area contributed by atoms with E-state index in [1.54, 1.807) is 0 Å². The van der Waals surface area contributed by atoms with Crippen LogP contribution in [0, 0.1) is 0 Å². The number of carbonyl (C=O) groups is 1. The third-order valence-corrected chi connectivity index (χ3v) is 4.48. The molecule has 0 amide bonds. The molecule has 96 valence electrons. The van der Waals surface area contributed by atoms with Gasteiger partial charge < -0.3 is 4.79 Å². The molecule has 1 heterocycles. The van der Waals surface area contributed by atoms with E-state index in [1.807, 2.05) is 0 Å². The van der Waals surface area contributed by atoms with Crippen molar-refractivity contribution in [2.24, 2.45) is 0 Å². The molecule has 0 aromatic heterocycles. The monoisotopic (exact) mass is 276 g/mol. The molecule has 3 nitrogen and oxygen atoms in total. The second kappa shape index (κ2) is 3.94. The molecule has 0 saturated heterocycles. The Balaban J connectivity index is 2.58. The summed E-state index contributed by atoms with van der Waals surface area (Å²) < 4.78 is 61.2. The molecule has 1 aliphatic rings. The van der Waals surface area contributed by atoms with E-state index >= 15 is 0 Å². The van der Waals surface area contributed by atoms with Crippen LogP contribution in [0.3, 0.4) is 0 Å². The normalized spacial score (nSPS) is 17.2. The first-order valence-electron chi connectivity index (χ1n) is 4.87. The fourth-order valence-corrected chi connectivity index (χ4v) is 3.28. The van der Waals surface area contributed by atoms with Crippen molar-refractivity contribution in [1.82, 2.24) is 0 Å². The second-order valence-corrected chi connectivity index (χ2v) is 5.71. The molecule has 1 aromatic carbocycles. The van der Waals surface area contributed by atoms with Crippen LogP contribution in [-0.4, -0.2) is 14.7 Å². The average Bonchev–Trinajstić information content (AvgIpc) is 2.50. The van der Waals surface area contributed by atoms with Crippen LogP contribution < -0.4 is 0 Å². The van der Waals surface area contributed by atoms with Crippen LogP contribution >= 0.6 is 0 Å². The van der Waals surface area contributed by atoms with Gasteiger partial charge in [-0.15, -0.1) is 0 Å². The van der Waals surface area contributed by atoms with Gasteiger partial charge in [0, 0.05) is 6.42 Å². The van der Waals surface area contributed by atoms with Gasteiger partial charge in [-0.25, -0.2) is 8.42 Å². The molecule has 18 heavy (non-hydrogen) atoms. The van der Waals surface area contributed by atoms with Gasteiger partial charge in [0.25, 0.3) is 0 Å². The first-order chi connectivity index (χ1) is 8.26. The Morgan fingerprint density at radius 3 is 2.44 bits per heavy atom. The van der Waals surface area contributed by atoms with Gasteiger partial charge in [-0.3, -0.25) is 0 Å². The maximum Gasteiger partial charge on any atom is 0.416 e. The number of rotatable bonds is 2. The summed E-state index contributed by atoms with van der Waals surface area (Å²) in [6.45, 7) is 0. The number of hydrogen-bond donors (Lipinski definition) is 0. The number of sulfone groups is 1. The van der Waals surface area contributed by atoms with Crippen LogP contribution in [0.5, 0.6) is 0 Å². The molecule has 7 heteroatoms. The number of allylic oxidation sites excluding steroid dienone is 1.